The molecule has 1 aromatic carbocycles. The summed E-state index contributed by atoms with van der Waals surface area (Å²) in [4.78, 5) is 25.6. The second kappa shape index (κ2) is 8.56. The van der Waals surface area contributed by atoms with E-state index in [9.17, 15) is 9.59 Å². The fraction of sp³-hybridized carbons (Fsp3) is 0.556. The standard InChI is InChI=1S/C18H26N2O3/c1-3-14(2)16(15-8-5-4-6-9-15)17(21)19-10-7-11-20-12-13-23-18(20)22/h4-6,8-9,14,16H,3,7,10-13H2,1-2H3,(H,19,21)/t14-,16+/m1/s1. The fourth-order valence-electron chi connectivity index (χ4n) is 2.85. The van der Waals surface area contributed by atoms with Gasteiger partial charge in [-0.2, -0.15) is 0 Å². The van der Waals surface area contributed by atoms with Gasteiger partial charge in [-0.05, 0) is 17.9 Å². The number of ether oxygens (including phenoxy) is 1. The largest absolute Gasteiger partial charge is 0.448 e. The van der Waals surface area contributed by atoms with Gasteiger partial charge in [0.25, 0.3) is 0 Å². The number of hydrogen-bond donors (Lipinski definition) is 1. The SMILES string of the molecule is CC[C@@H](C)[C@H](C(=O)NCCCN1CCOC1=O)c1ccccc1. The molecule has 5 heteroatoms. The van der Waals surface area contributed by atoms with Crippen LogP contribution >= 0.6 is 0 Å². The molecular weight excluding hydrogens is 292 g/mol. The van der Waals surface area contributed by atoms with Crippen LogP contribution < -0.4 is 5.32 Å². The van der Waals surface area contributed by atoms with Crippen LogP contribution in [0.1, 0.15) is 38.2 Å². The lowest BCUT2D eigenvalue weighted by Gasteiger charge is -2.23. The maximum absolute atomic E-state index is 12.6. The van der Waals surface area contributed by atoms with Gasteiger partial charge >= 0.3 is 6.09 Å². The van der Waals surface area contributed by atoms with E-state index in [1.165, 1.54) is 0 Å². The fourth-order valence-corrected chi connectivity index (χ4v) is 2.85. The molecule has 0 aromatic heterocycles. The van der Waals surface area contributed by atoms with E-state index in [1.807, 2.05) is 30.3 Å². The molecule has 0 spiro atoms. The van der Waals surface area contributed by atoms with E-state index in [4.69, 9.17) is 4.74 Å². The molecule has 2 rings (SSSR count). The number of rotatable bonds is 8. The van der Waals surface area contributed by atoms with Gasteiger partial charge in [-0.3, -0.25) is 4.79 Å². The molecule has 2 amide bonds. The summed E-state index contributed by atoms with van der Waals surface area (Å²) in [6, 6.07) is 9.92. The average Bonchev–Trinajstić information content (AvgIpc) is 2.97. The maximum atomic E-state index is 12.6. The number of carbonyl (C=O) groups is 2. The molecule has 5 nitrogen and oxygen atoms in total. The Kier molecular flexibility index (Phi) is 6.44. The molecule has 0 unspecified atom stereocenters. The molecule has 0 radical (unpaired) electrons. The van der Waals surface area contributed by atoms with Gasteiger partial charge < -0.3 is 15.0 Å². The summed E-state index contributed by atoms with van der Waals surface area (Å²) in [7, 11) is 0. The van der Waals surface area contributed by atoms with Crippen molar-refractivity contribution in [3.63, 3.8) is 0 Å². The van der Waals surface area contributed by atoms with Crippen LogP contribution in [-0.4, -0.2) is 43.1 Å². The number of hydrogen-bond acceptors (Lipinski definition) is 3. The van der Waals surface area contributed by atoms with E-state index in [0.29, 0.717) is 26.2 Å². The van der Waals surface area contributed by atoms with Gasteiger partial charge in [-0.15, -0.1) is 0 Å². The van der Waals surface area contributed by atoms with E-state index in [0.717, 1.165) is 18.4 Å². The first kappa shape index (κ1) is 17.3. The molecule has 0 aliphatic carbocycles. The van der Waals surface area contributed by atoms with Crippen molar-refractivity contribution in [3.8, 4) is 0 Å². The van der Waals surface area contributed by atoms with E-state index in [1.54, 1.807) is 4.90 Å². The predicted octanol–water partition coefficient (Wildman–Crippen LogP) is 2.77. The molecule has 1 aliphatic heterocycles. The van der Waals surface area contributed by atoms with Crippen LogP contribution in [0.25, 0.3) is 0 Å². The van der Waals surface area contributed by atoms with Crippen molar-refractivity contribution in [3.05, 3.63) is 35.9 Å². The maximum Gasteiger partial charge on any atom is 0.409 e. The van der Waals surface area contributed by atoms with Crippen LogP contribution in [0, 0.1) is 5.92 Å². The van der Waals surface area contributed by atoms with Crippen molar-refractivity contribution in [2.75, 3.05) is 26.2 Å². The lowest BCUT2D eigenvalue weighted by Crippen LogP contribution is -2.35. The Labute approximate surface area is 138 Å². The first-order valence-electron chi connectivity index (χ1n) is 8.37. The highest BCUT2D eigenvalue weighted by Crippen LogP contribution is 2.27. The first-order valence-corrected chi connectivity index (χ1v) is 8.37. The topological polar surface area (TPSA) is 58.6 Å². The summed E-state index contributed by atoms with van der Waals surface area (Å²) >= 11 is 0. The lowest BCUT2D eigenvalue weighted by atomic mass is 9.85. The summed E-state index contributed by atoms with van der Waals surface area (Å²) in [5.41, 5.74) is 1.06. The first-order chi connectivity index (χ1) is 11.1. The highest BCUT2D eigenvalue weighted by Gasteiger charge is 2.25. The van der Waals surface area contributed by atoms with Gasteiger partial charge in [0.15, 0.2) is 0 Å². The van der Waals surface area contributed by atoms with Crippen LogP contribution in [0.2, 0.25) is 0 Å². The normalized spacial score (nSPS) is 16.8. The van der Waals surface area contributed by atoms with Crippen LogP contribution in [0.15, 0.2) is 30.3 Å². The molecule has 1 aromatic rings. The van der Waals surface area contributed by atoms with Crippen LogP contribution in [0.5, 0.6) is 0 Å². The third-order valence-corrected chi connectivity index (χ3v) is 4.40. The summed E-state index contributed by atoms with van der Waals surface area (Å²) in [6.45, 7) is 6.52. The smallest absolute Gasteiger partial charge is 0.409 e. The zero-order chi connectivity index (χ0) is 16.7. The Bertz CT molecular complexity index is 518. The molecule has 0 bridgehead atoms. The third kappa shape index (κ3) is 4.71. The molecule has 23 heavy (non-hydrogen) atoms. The molecule has 1 aliphatic rings. The Morgan fingerprint density at radius 2 is 2.09 bits per heavy atom. The number of nitrogens with one attached hydrogen (secondary N) is 1. The monoisotopic (exact) mass is 318 g/mol. The van der Waals surface area contributed by atoms with Crippen molar-refractivity contribution in [2.24, 2.45) is 5.92 Å². The Morgan fingerprint density at radius 3 is 2.70 bits per heavy atom. The molecule has 1 saturated heterocycles. The highest BCUT2D eigenvalue weighted by atomic mass is 16.6. The second-order valence-electron chi connectivity index (χ2n) is 6.02. The Hall–Kier alpha value is -2.04. The third-order valence-electron chi connectivity index (χ3n) is 4.40. The van der Waals surface area contributed by atoms with Gasteiger partial charge in [0.1, 0.15) is 6.61 Å². The molecule has 1 N–H and O–H groups in total. The summed E-state index contributed by atoms with van der Waals surface area (Å²) < 4.78 is 4.89. The van der Waals surface area contributed by atoms with E-state index in [-0.39, 0.29) is 23.8 Å². The van der Waals surface area contributed by atoms with Crippen molar-refractivity contribution in [1.29, 1.82) is 0 Å². The highest BCUT2D eigenvalue weighted by molar-refractivity contribution is 5.83. The predicted molar refractivity (Wildman–Crippen MR) is 89.2 cm³/mol. The number of carbonyl (C=O) groups excluding carboxylic acids is 2. The molecule has 1 heterocycles. The van der Waals surface area contributed by atoms with Crippen molar-refractivity contribution in [1.82, 2.24) is 10.2 Å². The summed E-state index contributed by atoms with van der Waals surface area (Å²) in [5.74, 6) is 0.221. The van der Waals surface area contributed by atoms with E-state index in [2.05, 4.69) is 19.2 Å². The molecule has 2 atom stereocenters. The van der Waals surface area contributed by atoms with Gasteiger partial charge in [-0.25, -0.2) is 4.79 Å². The zero-order valence-electron chi connectivity index (χ0n) is 14.0. The summed E-state index contributed by atoms with van der Waals surface area (Å²) in [6.07, 6.45) is 1.44. The van der Waals surface area contributed by atoms with E-state index >= 15 is 0 Å². The van der Waals surface area contributed by atoms with Crippen molar-refractivity contribution < 1.29 is 14.3 Å². The molecule has 0 saturated carbocycles. The van der Waals surface area contributed by atoms with Crippen LogP contribution in [-0.2, 0) is 9.53 Å². The number of amides is 2. The van der Waals surface area contributed by atoms with Gasteiger partial charge in [-0.1, -0.05) is 50.6 Å². The Balaban J connectivity index is 1.84. The Morgan fingerprint density at radius 1 is 1.35 bits per heavy atom. The number of benzene rings is 1. The molecule has 1 fully saturated rings. The summed E-state index contributed by atoms with van der Waals surface area (Å²) in [5, 5.41) is 3.02. The molecule has 126 valence electrons. The van der Waals surface area contributed by atoms with Crippen molar-refractivity contribution >= 4 is 12.0 Å². The van der Waals surface area contributed by atoms with Crippen molar-refractivity contribution in [2.45, 2.75) is 32.6 Å². The van der Waals surface area contributed by atoms with Crippen LogP contribution in [0.4, 0.5) is 4.79 Å². The van der Waals surface area contributed by atoms with Gasteiger partial charge in [0.2, 0.25) is 5.91 Å². The van der Waals surface area contributed by atoms with Crippen LogP contribution in [0.3, 0.4) is 0 Å². The molecular formula is C18H26N2O3. The second-order valence-corrected chi connectivity index (χ2v) is 6.02. The zero-order valence-corrected chi connectivity index (χ0v) is 14.0. The quantitative estimate of drug-likeness (QED) is 0.750. The minimum Gasteiger partial charge on any atom is -0.448 e. The number of cyclic esters (lactones) is 1. The average molecular weight is 318 g/mol. The van der Waals surface area contributed by atoms with E-state index < -0.39 is 0 Å². The lowest BCUT2D eigenvalue weighted by molar-refractivity contribution is -0.123. The van der Waals surface area contributed by atoms with Gasteiger partial charge in [0, 0.05) is 13.1 Å². The minimum absolute atomic E-state index is 0.0644. The van der Waals surface area contributed by atoms with Gasteiger partial charge in [0.05, 0.1) is 12.5 Å². The number of nitrogens with zero attached hydrogens (tertiary/aromatic N) is 1. The minimum atomic E-state index is -0.252.